The van der Waals surface area contributed by atoms with E-state index in [9.17, 15) is 21.6 Å². The Labute approximate surface area is 177 Å². The van der Waals surface area contributed by atoms with Gasteiger partial charge in [0.2, 0.25) is 0 Å². The summed E-state index contributed by atoms with van der Waals surface area (Å²) in [7, 11) is -5.27. The van der Waals surface area contributed by atoms with Gasteiger partial charge in [-0.2, -0.15) is 13.2 Å². The second kappa shape index (κ2) is 8.39. The van der Waals surface area contributed by atoms with Crippen molar-refractivity contribution < 1.29 is 21.6 Å². The molecule has 0 spiro atoms. The molecule has 0 aliphatic carbocycles. The molecule has 3 rings (SSSR count). The number of aromatic nitrogens is 3. The van der Waals surface area contributed by atoms with Crippen LogP contribution in [0.4, 0.5) is 13.2 Å². The molecule has 0 aliphatic heterocycles. The van der Waals surface area contributed by atoms with E-state index in [1.807, 2.05) is 12.1 Å². The number of hydrogen-bond acceptors (Lipinski definition) is 4. The molecule has 0 aliphatic rings. The molecular weight excluding hydrogens is 439 g/mol. The summed E-state index contributed by atoms with van der Waals surface area (Å²) in [6.45, 7) is 4.20. The molecule has 5 nitrogen and oxygen atoms in total. The molecule has 0 atom stereocenters. The van der Waals surface area contributed by atoms with Crippen molar-refractivity contribution in [3.05, 3.63) is 59.0 Å². The van der Waals surface area contributed by atoms with Crippen LogP contribution in [0, 0.1) is 5.92 Å². The van der Waals surface area contributed by atoms with Crippen LogP contribution in [0.2, 0.25) is 5.02 Å². The Bertz CT molecular complexity index is 1160. The van der Waals surface area contributed by atoms with Gasteiger partial charge in [0, 0.05) is 23.0 Å². The number of pyridine rings is 1. The Morgan fingerprint density at radius 1 is 1.13 bits per heavy atom. The lowest BCUT2D eigenvalue weighted by Crippen LogP contribution is -2.24. The van der Waals surface area contributed by atoms with Gasteiger partial charge in [0.25, 0.3) is 9.84 Å². The zero-order valence-electron chi connectivity index (χ0n) is 16.2. The number of sulfone groups is 1. The van der Waals surface area contributed by atoms with E-state index in [0.29, 0.717) is 23.0 Å². The number of halogens is 4. The summed E-state index contributed by atoms with van der Waals surface area (Å²) in [5, 5.41) is 0.121. The van der Waals surface area contributed by atoms with E-state index in [0.717, 1.165) is 17.7 Å². The third-order valence-corrected chi connectivity index (χ3v) is 6.05. The van der Waals surface area contributed by atoms with Gasteiger partial charge in [-0.05, 0) is 36.1 Å². The van der Waals surface area contributed by atoms with Crippen molar-refractivity contribution in [1.82, 2.24) is 15.0 Å². The van der Waals surface area contributed by atoms with Crippen molar-refractivity contribution in [2.24, 2.45) is 5.92 Å². The Hall–Kier alpha value is -2.39. The standard InChI is InChI=1S/C20H19ClF3N3O2S/c1-12(2)7-15-9-14(5-6-25-15)19-26-10-18(27-19)16-4-3-13(8-17(16)21)11-30(28,29)20(22,23)24/h3-6,8-10,12H,7,11H2,1-2H3,(H,26,27). The number of nitrogens with one attached hydrogen (secondary N) is 1. The molecule has 160 valence electrons. The van der Waals surface area contributed by atoms with Crippen molar-refractivity contribution in [1.29, 1.82) is 0 Å². The lowest BCUT2D eigenvalue weighted by Gasteiger charge is -2.09. The smallest absolute Gasteiger partial charge is 0.338 e. The molecule has 0 saturated carbocycles. The molecule has 3 aromatic rings. The highest BCUT2D eigenvalue weighted by Crippen LogP contribution is 2.32. The van der Waals surface area contributed by atoms with Gasteiger partial charge in [0.1, 0.15) is 5.82 Å². The van der Waals surface area contributed by atoms with Gasteiger partial charge in [-0.15, -0.1) is 0 Å². The van der Waals surface area contributed by atoms with Crippen LogP contribution in [-0.4, -0.2) is 28.9 Å². The Morgan fingerprint density at radius 3 is 2.50 bits per heavy atom. The van der Waals surface area contributed by atoms with Gasteiger partial charge in [0.05, 0.1) is 22.7 Å². The maximum atomic E-state index is 12.6. The van der Waals surface area contributed by atoms with Crippen LogP contribution >= 0.6 is 11.6 Å². The summed E-state index contributed by atoms with van der Waals surface area (Å²) in [4.78, 5) is 11.8. The van der Waals surface area contributed by atoms with Gasteiger partial charge < -0.3 is 4.98 Å². The highest BCUT2D eigenvalue weighted by Gasteiger charge is 2.45. The summed E-state index contributed by atoms with van der Waals surface area (Å²) in [6, 6.07) is 7.75. The molecule has 2 heterocycles. The van der Waals surface area contributed by atoms with Gasteiger partial charge in [0.15, 0.2) is 0 Å². The molecule has 30 heavy (non-hydrogen) atoms. The molecule has 0 amide bonds. The van der Waals surface area contributed by atoms with E-state index < -0.39 is 21.1 Å². The fourth-order valence-corrected chi connectivity index (χ4v) is 4.02. The first-order chi connectivity index (χ1) is 14.0. The van der Waals surface area contributed by atoms with E-state index in [2.05, 4.69) is 28.8 Å². The number of hydrogen-bond donors (Lipinski definition) is 1. The average molecular weight is 458 g/mol. The molecule has 0 bridgehead atoms. The number of alkyl halides is 3. The molecule has 0 saturated heterocycles. The minimum Gasteiger partial charge on any atom is -0.338 e. The number of nitrogens with zero attached hydrogens (tertiary/aromatic N) is 2. The van der Waals surface area contributed by atoms with Crippen LogP contribution in [0.15, 0.2) is 42.7 Å². The average Bonchev–Trinajstić information content (AvgIpc) is 3.10. The van der Waals surface area contributed by atoms with Gasteiger partial charge >= 0.3 is 5.51 Å². The van der Waals surface area contributed by atoms with E-state index in [1.54, 1.807) is 12.4 Å². The third kappa shape index (κ3) is 5.02. The van der Waals surface area contributed by atoms with Gasteiger partial charge in [-0.25, -0.2) is 13.4 Å². The summed E-state index contributed by atoms with van der Waals surface area (Å²) in [5.74, 6) is -0.115. The summed E-state index contributed by atoms with van der Waals surface area (Å²) in [6.07, 6.45) is 4.10. The monoisotopic (exact) mass is 457 g/mol. The predicted octanol–water partition coefficient (Wildman–Crippen LogP) is 5.43. The van der Waals surface area contributed by atoms with Crippen molar-refractivity contribution >= 4 is 21.4 Å². The predicted molar refractivity (Wildman–Crippen MR) is 109 cm³/mol. The molecule has 0 fully saturated rings. The summed E-state index contributed by atoms with van der Waals surface area (Å²) in [5.41, 5.74) is -2.52. The van der Waals surface area contributed by atoms with Crippen molar-refractivity contribution in [3.8, 4) is 22.6 Å². The molecule has 1 aromatic carbocycles. The van der Waals surface area contributed by atoms with Gasteiger partial charge in [-0.1, -0.05) is 37.6 Å². The molecule has 1 N–H and O–H groups in total. The second-order valence-electron chi connectivity index (χ2n) is 7.30. The first-order valence-corrected chi connectivity index (χ1v) is 11.1. The third-order valence-electron chi connectivity index (χ3n) is 4.32. The van der Waals surface area contributed by atoms with E-state index in [-0.39, 0.29) is 10.6 Å². The molecule has 10 heteroatoms. The summed E-state index contributed by atoms with van der Waals surface area (Å²) >= 11 is 6.21. The number of rotatable bonds is 6. The summed E-state index contributed by atoms with van der Waals surface area (Å²) < 4.78 is 60.5. The highest BCUT2D eigenvalue weighted by molar-refractivity contribution is 7.91. The maximum Gasteiger partial charge on any atom is 0.497 e. The lowest BCUT2D eigenvalue weighted by molar-refractivity contribution is -0.0437. The number of aromatic amines is 1. The van der Waals surface area contributed by atoms with Crippen LogP contribution in [0.3, 0.4) is 0 Å². The molecule has 0 unspecified atom stereocenters. The zero-order chi connectivity index (χ0) is 22.1. The van der Waals surface area contributed by atoms with Crippen LogP contribution in [-0.2, 0) is 22.0 Å². The first kappa shape index (κ1) is 22.3. The Morgan fingerprint density at radius 2 is 1.87 bits per heavy atom. The van der Waals surface area contributed by atoms with E-state index in [1.165, 1.54) is 18.2 Å². The Kier molecular flexibility index (Phi) is 6.24. The highest BCUT2D eigenvalue weighted by atomic mass is 35.5. The first-order valence-electron chi connectivity index (χ1n) is 9.04. The normalized spacial score (nSPS) is 12.5. The fraction of sp³-hybridized carbons (Fsp3) is 0.300. The van der Waals surface area contributed by atoms with Crippen LogP contribution in [0.1, 0.15) is 25.1 Å². The number of benzene rings is 1. The van der Waals surface area contributed by atoms with E-state index in [4.69, 9.17) is 11.6 Å². The molecule has 2 aromatic heterocycles. The quantitative estimate of drug-likeness (QED) is 0.536. The minimum absolute atomic E-state index is 0.0479. The molecular formula is C20H19ClF3N3O2S. The van der Waals surface area contributed by atoms with Crippen molar-refractivity contribution in [3.63, 3.8) is 0 Å². The maximum absolute atomic E-state index is 12.6. The fourth-order valence-electron chi connectivity index (χ4n) is 2.93. The van der Waals surface area contributed by atoms with Gasteiger partial charge in [-0.3, -0.25) is 4.98 Å². The topological polar surface area (TPSA) is 75.7 Å². The van der Waals surface area contributed by atoms with Crippen LogP contribution in [0.5, 0.6) is 0 Å². The van der Waals surface area contributed by atoms with E-state index >= 15 is 0 Å². The lowest BCUT2D eigenvalue weighted by atomic mass is 10.1. The largest absolute Gasteiger partial charge is 0.497 e. The van der Waals surface area contributed by atoms with Crippen molar-refractivity contribution in [2.75, 3.05) is 0 Å². The number of H-pyrrole nitrogens is 1. The van der Waals surface area contributed by atoms with Crippen LogP contribution in [0.25, 0.3) is 22.6 Å². The van der Waals surface area contributed by atoms with Crippen LogP contribution < -0.4 is 0 Å². The second-order valence-corrected chi connectivity index (χ2v) is 9.69. The Balaban J connectivity index is 1.86. The zero-order valence-corrected chi connectivity index (χ0v) is 17.7. The molecule has 0 radical (unpaired) electrons. The SMILES string of the molecule is CC(C)Cc1cc(-c2ncc(-c3ccc(CS(=O)(=O)C(F)(F)F)cc3Cl)[nH]2)ccn1. The van der Waals surface area contributed by atoms with Crippen molar-refractivity contribution in [2.45, 2.75) is 31.5 Å². The number of imidazole rings is 1. The minimum atomic E-state index is -5.31.